The van der Waals surface area contributed by atoms with Crippen LogP contribution in [-0.2, 0) is 17.8 Å². The van der Waals surface area contributed by atoms with E-state index in [1.165, 1.54) is 6.26 Å². The van der Waals surface area contributed by atoms with Crippen molar-refractivity contribution in [2.24, 2.45) is 0 Å². The maximum absolute atomic E-state index is 12.3. The SMILES string of the molecule is CC(C)NC(=O)c1coc(CN(CCN2CCOCC2)Cc2cccc(Oc3ccccc3)c2)n1. The number of amides is 1. The number of para-hydroxylation sites is 1. The van der Waals surface area contributed by atoms with Crippen molar-refractivity contribution in [3.8, 4) is 11.5 Å². The summed E-state index contributed by atoms with van der Waals surface area (Å²) in [4.78, 5) is 21.4. The van der Waals surface area contributed by atoms with Gasteiger partial charge < -0.3 is 19.2 Å². The van der Waals surface area contributed by atoms with Crippen LogP contribution in [0.5, 0.6) is 11.5 Å². The number of aromatic nitrogens is 1. The third kappa shape index (κ3) is 7.92. The predicted octanol–water partition coefficient (Wildman–Crippen LogP) is 3.94. The van der Waals surface area contributed by atoms with E-state index >= 15 is 0 Å². The Labute approximate surface area is 206 Å². The highest BCUT2D eigenvalue weighted by Gasteiger charge is 2.18. The molecule has 1 aromatic heterocycles. The van der Waals surface area contributed by atoms with E-state index in [9.17, 15) is 4.79 Å². The van der Waals surface area contributed by atoms with Crippen molar-refractivity contribution in [1.82, 2.24) is 20.1 Å². The zero-order valence-electron chi connectivity index (χ0n) is 20.5. The molecule has 1 fully saturated rings. The van der Waals surface area contributed by atoms with Crippen LogP contribution in [0, 0.1) is 0 Å². The molecule has 0 atom stereocenters. The summed E-state index contributed by atoms with van der Waals surface area (Å²) in [6.07, 6.45) is 1.43. The van der Waals surface area contributed by atoms with Gasteiger partial charge in [-0.1, -0.05) is 30.3 Å². The van der Waals surface area contributed by atoms with Crippen molar-refractivity contribution in [2.75, 3.05) is 39.4 Å². The maximum Gasteiger partial charge on any atom is 0.273 e. The molecule has 1 aliphatic rings. The summed E-state index contributed by atoms with van der Waals surface area (Å²) in [5, 5.41) is 2.85. The van der Waals surface area contributed by atoms with Crippen LogP contribution in [0.3, 0.4) is 0 Å². The molecular formula is C27H34N4O4. The molecule has 0 bridgehead atoms. The van der Waals surface area contributed by atoms with Gasteiger partial charge in [0, 0.05) is 38.8 Å². The van der Waals surface area contributed by atoms with Gasteiger partial charge in [0.1, 0.15) is 17.8 Å². The fourth-order valence-electron chi connectivity index (χ4n) is 3.93. The smallest absolute Gasteiger partial charge is 0.273 e. The zero-order valence-corrected chi connectivity index (χ0v) is 20.5. The molecule has 3 aromatic rings. The van der Waals surface area contributed by atoms with Crippen molar-refractivity contribution in [3.63, 3.8) is 0 Å². The van der Waals surface area contributed by atoms with Gasteiger partial charge in [-0.2, -0.15) is 0 Å². The number of nitrogens with one attached hydrogen (secondary N) is 1. The van der Waals surface area contributed by atoms with E-state index in [1.54, 1.807) is 0 Å². The largest absolute Gasteiger partial charge is 0.457 e. The first kappa shape index (κ1) is 24.9. The second kappa shape index (κ2) is 12.5. The number of carbonyl (C=O) groups excluding carboxylic acids is 1. The van der Waals surface area contributed by atoms with Crippen molar-refractivity contribution in [2.45, 2.75) is 33.0 Å². The Morgan fingerprint density at radius 2 is 1.86 bits per heavy atom. The molecule has 0 radical (unpaired) electrons. The van der Waals surface area contributed by atoms with Gasteiger partial charge in [0.05, 0.1) is 19.8 Å². The van der Waals surface area contributed by atoms with Crippen molar-refractivity contribution >= 4 is 5.91 Å². The number of oxazole rings is 1. The van der Waals surface area contributed by atoms with Crippen LogP contribution in [0.2, 0.25) is 0 Å². The van der Waals surface area contributed by atoms with Crippen LogP contribution in [0.25, 0.3) is 0 Å². The second-order valence-electron chi connectivity index (χ2n) is 8.98. The predicted molar refractivity (Wildman–Crippen MR) is 133 cm³/mol. The van der Waals surface area contributed by atoms with Gasteiger partial charge in [-0.15, -0.1) is 0 Å². The van der Waals surface area contributed by atoms with E-state index in [2.05, 4.69) is 32.2 Å². The highest BCUT2D eigenvalue weighted by Crippen LogP contribution is 2.23. The zero-order chi connectivity index (χ0) is 24.5. The summed E-state index contributed by atoms with van der Waals surface area (Å²) in [5.74, 6) is 1.91. The molecule has 0 aliphatic carbocycles. The normalized spacial score (nSPS) is 14.4. The highest BCUT2D eigenvalue weighted by atomic mass is 16.5. The van der Waals surface area contributed by atoms with Crippen molar-refractivity contribution < 1.29 is 18.7 Å². The lowest BCUT2D eigenvalue weighted by molar-refractivity contribution is 0.0320. The summed E-state index contributed by atoms with van der Waals surface area (Å²) >= 11 is 0. The van der Waals surface area contributed by atoms with E-state index in [0.29, 0.717) is 24.7 Å². The van der Waals surface area contributed by atoms with Crippen molar-refractivity contribution in [3.05, 3.63) is 78.0 Å². The molecule has 0 saturated carbocycles. The number of carbonyl (C=O) groups is 1. The molecule has 4 rings (SSSR count). The number of morpholine rings is 1. The first-order valence-corrected chi connectivity index (χ1v) is 12.1. The number of benzene rings is 2. The Kier molecular flexibility index (Phi) is 8.89. The minimum Gasteiger partial charge on any atom is -0.457 e. The Balaban J connectivity index is 1.44. The molecule has 1 saturated heterocycles. The molecule has 1 amide bonds. The van der Waals surface area contributed by atoms with Gasteiger partial charge in [-0.25, -0.2) is 4.98 Å². The Hall–Kier alpha value is -3.20. The van der Waals surface area contributed by atoms with Gasteiger partial charge in [0.25, 0.3) is 5.91 Å². The van der Waals surface area contributed by atoms with Gasteiger partial charge in [-0.3, -0.25) is 14.6 Å². The molecule has 2 heterocycles. The standard InChI is InChI=1S/C27H34N4O4/c1-21(2)28-27(32)25-20-34-26(29-25)19-31(12-11-30-13-15-33-16-14-30)18-22-7-6-10-24(17-22)35-23-8-4-3-5-9-23/h3-10,17,20-21H,11-16,18-19H2,1-2H3,(H,28,32). The van der Waals surface area contributed by atoms with Crippen LogP contribution < -0.4 is 10.1 Å². The third-order valence-electron chi connectivity index (χ3n) is 5.68. The molecule has 1 aliphatic heterocycles. The molecule has 0 spiro atoms. The van der Waals surface area contributed by atoms with Gasteiger partial charge >= 0.3 is 0 Å². The molecule has 0 unspecified atom stereocenters. The van der Waals surface area contributed by atoms with E-state index in [4.69, 9.17) is 13.9 Å². The lowest BCUT2D eigenvalue weighted by Crippen LogP contribution is -2.41. The third-order valence-corrected chi connectivity index (χ3v) is 5.68. The quantitative estimate of drug-likeness (QED) is 0.447. The van der Waals surface area contributed by atoms with E-state index in [1.807, 2.05) is 56.3 Å². The first-order chi connectivity index (χ1) is 17.0. The fraction of sp³-hybridized carbons (Fsp3) is 0.407. The molecule has 2 aromatic carbocycles. The fourth-order valence-corrected chi connectivity index (χ4v) is 3.93. The van der Waals surface area contributed by atoms with Crippen molar-refractivity contribution in [1.29, 1.82) is 0 Å². The van der Waals surface area contributed by atoms with E-state index in [-0.39, 0.29) is 11.9 Å². The van der Waals surface area contributed by atoms with Gasteiger partial charge in [-0.05, 0) is 43.7 Å². The number of nitrogens with zero attached hydrogens (tertiary/aromatic N) is 3. The summed E-state index contributed by atoms with van der Waals surface area (Å²) in [7, 11) is 0. The molecular weight excluding hydrogens is 444 g/mol. The van der Waals surface area contributed by atoms with Crippen LogP contribution in [-0.4, -0.2) is 66.1 Å². The average Bonchev–Trinajstić information content (AvgIpc) is 3.32. The monoisotopic (exact) mass is 478 g/mol. The summed E-state index contributed by atoms with van der Waals surface area (Å²) in [5.41, 5.74) is 1.44. The Morgan fingerprint density at radius 3 is 2.63 bits per heavy atom. The minimum atomic E-state index is -0.222. The summed E-state index contributed by atoms with van der Waals surface area (Å²) in [6.45, 7) is 10.2. The van der Waals surface area contributed by atoms with Gasteiger partial charge in [0.15, 0.2) is 5.69 Å². The molecule has 35 heavy (non-hydrogen) atoms. The molecule has 8 heteroatoms. The van der Waals surface area contributed by atoms with Crippen LogP contribution in [0.15, 0.2) is 65.3 Å². The summed E-state index contributed by atoms with van der Waals surface area (Å²) < 4.78 is 17.2. The van der Waals surface area contributed by atoms with E-state index in [0.717, 1.165) is 56.5 Å². The Morgan fingerprint density at radius 1 is 1.09 bits per heavy atom. The number of hydrogen-bond acceptors (Lipinski definition) is 7. The van der Waals surface area contributed by atoms with E-state index < -0.39 is 0 Å². The number of rotatable bonds is 11. The summed E-state index contributed by atoms with van der Waals surface area (Å²) in [6, 6.07) is 17.9. The first-order valence-electron chi connectivity index (χ1n) is 12.1. The minimum absolute atomic E-state index is 0.0399. The second-order valence-corrected chi connectivity index (χ2v) is 8.98. The molecule has 186 valence electrons. The topological polar surface area (TPSA) is 80.1 Å². The number of ether oxygens (including phenoxy) is 2. The van der Waals surface area contributed by atoms with Crippen LogP contribution in [0.1, 0.15) is 35.8 Å². The lowest BCUT2D eigenvalue weighted by atomic mass is 10.2. The average molecular weight is 479 g/mol. The molecule has 8 nitrogen and oxygen atoms in total. The highest BCUT2D eigenvalue weighted by molar-refractivity contribution is 5.92. The maximum atomic E-state index is 12.3. The Bertz CT molecular complexity index is 1060. The van der Waals surface area contributed by atoms with Gasteiger partial charge in [0.2, 0.25) is 5.89 Å². The van der Waals surface area contributed by atoms with Crippen LogP contribution >= 0.6 is 0 Å². The molecule has 1 N–H and O–H groups in total. The lowest BCUT2D eigenvalue weighted by Gasteiger charge is -2.29. The van der Waals surface area contributed by atoms with Crippen LogP contribution in [0.4, 0.5) is 0 Å². The number of hydrogen-bond donors (Lipinski definition) is 1.